The van der Waals surface area contributed by atoms with Crippen molar-refractivity contribution < 1.29 is 9.94 Å². The summed E-state index contributed by atoms with van der Waals surface area (Å²) in [5.41, 5.74) is 1.90. The van der Waals surface area contributed by atoms with Gasteiger partial charge in [-0.2, -0.15) is 5.06 Å². The second-order valence-electron chi connectivity index (χ2n) is 3.11. The standard InChI is InChI=1S/C10H14BrNO2/c1-7-6-8(4-5-9(7)11)10(13)12(2)14-3/h4-6,10,13H,1-3H3. The van der Waals surface area contributed by atoms with Gasteiger partial charge in [0.2, 0.25) is 0 Å². The van der Waals surface area contributed by atoms with Gasteiger partial charge >= 0.3 is 0 Å². The predicted octanol–water partition coefficient (Wildman–Crippen LogP) is 2.24. The molecule has 0 spiro atoms. The summed E-state index contributed by atoms with van der Waals surface area (Å²) < 4.78 is 1.04. The van der Waals surface area contributed by atoms with Crippen molar-refractivity contribution in [2.24, 2.45) is 0 Å². The van der Waals surface area contributed by atoms with Crippen LogP contribution in [-0.2, 0) is 4.84 Å². The van der Waals surface area contributed by atoms with Gasteiger partial charge in [0.05, 0.1) is 7.11 Å². The van der Waals surface area contributed by atoms with Crippen LogP contribution in [0.15, 0.2) is 22.7 Å². The van der Waals surface area contributed by atoms with Crippen molar-refractivity contribution in [3.05, 3.63) is 33.8 Å². The Hall–Kier alpha value is -0.420. The molecular formula is C10H14BrNO2. The maximum atomic E-state index is 9.79. The molecule has 0 saturated heterocycles. The first kappa shape index (κ1) is 11.7. The summed E-state index contributed by atoms with van der Waals surface area (Å²) in [6.07, 6.45) is -0.730. The molecule has 0 aliphatic carbocycles. The maximum Gasteiger partial charge on any atom is 0.155 e. The smallest absolute Gasteiger partial charge is 0.155 e. The number of aliphatic hydroxyl groups is 1. The zero-order chi connectivity index (χ0) is 10.7. The summed E-state index contributed by atoms with van der Waals surface area (Å²) in [5.74, 6) is 0. The quantitative estimate of drug-likeness (QED) is 0.668. The molecule has 1 atom stereocenters. The Morgan fingerprint density at radius 3 is 2.64 bits per heavy atom. The molecule has 1 rings (SSSR count). The normalized spacial score (nSPS) is 13.3. The second kappa shape index (κ2) is 4.89. The molecule has 1 N–H and O–H groups in total. The van der Waals surface area contributed by atoms with Crippen LogP contribution in [0.4, 0.5) is 0 Å². The van der Waals surface area contributed by atoms with E-state index < -0.39 is 6.23 Å². The van der Waals surface area contributed by atoms with Crippen molar-refractivity contribution in [3.8, 4) is 0 Å². The Balaban J connectivity index is 2.91. The number of hydroxylamine groups is 2. The van der Waals surface area contributed by atoms with Crippen molar-refractivity contribution in [1.82, 2.24) is 5.06 Å². The molecule has 0 heterocycles. The maximum absolute atomic E-state index is 9.79. The molecule has 0 aromatic heterocycles. The first-order valence-corrected chi connectivity index (χ1v) is 5.06. The zero-order valence-electron chi connectivity index (χ0n) is 8.49. The van der Waals surface area contributed by atoms with Gasteiger partial charge in [-0.1, -0.05) is 28.1 Å². The van der Waals surface area contributed by atoms with Crippen LogP contribution in [0.25, 0.3) is 0 Å². The van der Waals surface area contributed by atoms with Crippen molar-refractivity contribution in [3.63, 3.8) is 0 Å². The number of hydrogen-bond donors (Lipinski definition) is 1. The highest BCUT2D eigenvalue weighted by Gasteiger charge is 2.13. The minimum atomic E-state index is -0.730. The number of halogens is 1. The number of hydrogen-bond acceptors (Lipinski definition) is 3. The van der Waals surface area contributed by atoms with Crippen LogP contribution < -0.4 is 0 Å². The Labute approximate surface area is 92.4 Å². The Bertz CT molecular complexity index is 317. The molecule has 3 nitrogen and oxygen atoms in total. The molecular weight excluding hydrogens is 246 g/mol. The number of rotatable bonds is 3. The van der Waals surface area contributed by atoms with Crippen LogP contribution in [0, 0.1) is 6.92 Å². The summed E-state index contributed by atoms with van der Waals surface area (Å²) in [5, 5.41) is 11.2. The summed E-state index contributed by atoms with van der Waals surface area (Å²) in [6, 6.07) is 5.69. The molecule has 0 aliphatic heterocycles. The number of benzene rings is 1. The van der Waals surface area contributed by atoms with Gasteiger partial charge in [0.15, 0.2) is 6.23 Å². The largest absolute Gasteiger partial charge is 0.372 e. The number of aliphatic hydroxyl groups excluding tert-OH is 1. The molecule has 0 amide bonds. The lowest BCUT2D eigenvalue weighted by Crippen LogP contribution is -2.22. The summed E-state index contributed by atoms with van der Waals surface area (Å²) in [4.78, 5) is 4.91. The van der Waals surface area contributed by atoms with Gasteiger partial charge in [-0.05, 0) is 24.1 Å². The van der Waals surface area contributed by atoms with E-state index in [4.69, 9.17) is 4.84 Å². The van der Waals surface area contributed by atoms with Crippen LogP contribution in [0.3, 0.4) is 0 Å². The molecule has 78 valence electrons. The SMILES string of the molecule is CON(C)C(O)c1ccc(Br)c(C)c1. The molecule has 0 aliphatic rings. The van der Waals surface area contributed by atoms with Gasteiger partial charge < -0.3 is 5.11 Å². The third-order valence-electron chi connectivity index (χ3n) is 2.11. The fourth-order valence-corrected chi connectivity index (χ4v) is 1.38. The third kappa shape index (κ3) is 2.54. The van der Waals surface area contributed by atoms with Gasteiger partial charge in [-0.15, -0.1) is 0 Å². The topological polar surface area (TPSA) is 32.7 Å². The average Bonchev–Trinajstić information content (AvgIpc) is 2.20. The van der Waals surface area contributed by atoms with Crippen LogP contribution in [0.5, 0.6) is 0 Å². The van der Waals surface area contributed by atoms with Crippen LogP contribution >= 0.6 is 15.9 Å². The summed E-state index contributed by atoms with van der Waals surface area (Å²) in [6.45, 7) is 1.98. The molecule has 0 radical (unpaired) electrons. The van der Waals surface area contributed by atoms with Crippen LogP contribution in [-0.4, -0.2) is 24.3 Å². The van der Waals surface area contributed by atoms with Gasteiger partial charge in [-0.25, -0.2) is 0 Å². The van der Waals surface area contributed by atoms with E-state index in [0.717, 1.165) is 15.6 Å². The average molecular weight is 260 g/mol. The van der Waals surface area contributed by atoms with E-state index in [1.165, 1.54) is 12.2 Å². The molecule has 4 heteroatoms. The van der Waals surface area contributed by atoms with E-state index in [9.17, 15) is 5.11 Å². The summed E-state index contributed by atoms with van der Waals surface area (Å²) >= 11 is 3.41. The monoisotopic (exact) mass is 259 g/mol. The van der Waals surface area contributed by atoms with E-state index in [0.29, 0.717) is 0 Å². The van der Waals surface area contributed by atoms with E-state index in [1.54, 1.807) is 7.05 Å². The molecule has 1 aromatic rings. The Kier molecular flexibility index (Phi) is 4.07. The number of aryl methyl sites for hydroxylation is 1. The molecule has 1 unspecified atom stereocenters. The minimum absolute atomic E-state index is 0.730. The minimum Gasteiger partial charge on any atom is -0.372 e. The lowest BCUT2D eigenvalue weighted by atomic mass is 10.1. The molecule has 0 fully saturated rings. The van der Waals surface area contributed by atoms with E-state index >= 15 is 0 Å². The third-order valence-corrected chi connectivity index (χ3v) is 3.00. The Morgan fingerprint density at radius 1 is 1.50 bits per heavy atom. The highest BCUT2D eigenvalue weighted by atomic mass is 79.9. The highest BCUT2D eigenvalue weighted by molar-refractivity contribution is 9.10. The second-order valence-corrected chi connectivity index (χ2v) is 3.97. The zero-order valence-corrected chi connectivity index (χ0v) is 10.1. The van der Waals surface area contributed by atoms with Gasteiger partial charge in [0.25, 0.3) is 0 Å². The van der Waals surface area contributed by atoms with Crippen molar-refractivity contribution >= 4 is 15.9 Å². The lowest BCUT2D eigenvalue weighted by Gasteiger charge is -2.21. The van der Waals surface area contributed by atoms with E-state index in [2.05, 4.69) is 15.9 Å². The van der Waals surface area contributed by atoms with Crippen molar-refractivity contribution in [2.75, 3.05) is 14.2 Å². The molecule has 0 saturated carbocycles. The van der Waals surface area contributed by atoms with Crippen LogP contribution in [0.2, 0.25) is 0 Å². The number of nitrogens with zero attached hydrogens (tertiary/aromatic N) is 1. The molecule has 14 heavy (non-hydrogen) atoms. The van der Waals surface area contributed by atoms with Crippen molar-refractivity contribution in [1.29, 1.82) is 0 Å². The fourth-order valence-electron chi connectivity index (χ4n) is 1.14. The van der Waals surface area contributed by atoms with Crippen molar-refractivity contribution in [2.45, 2.75) is 13.2 Å². The first-order chi connectivity index (χ1) is 6.56. The first-order valence-electron chi connectivity index (χ1n) is 4.27. The Morgan fingerprint density at radius 2 is 2.14 bits per heavy atom. The summed E-state index contributed by atoms with van der Waals surface area (Å²) in [7, 11) is 3.21. The molecule has 1 aromatic carbocycles. The van der Waals surface area contributed by atoms with E-state index in [-0.39, 0.29) is 0 Å². The van der Waals surface area contributed by atoms with Crippen LogP contribution in [0.1, 0.15) is 17.4 Å². The van der Waals surface area contributed by atoms with E-state index in [1.807, 2.05) is 25.1 Å². The molecule has 0 bridgehead atoms. The fraction of sp³-hybridized carbons (Fsp3) is 0.400. The van der Waals surface area contributed by atoms with Gasteiger partial charge in [-0.3, -0.25) is 4.84 Å². The van der Waals surface area contributed by atoms with Gasteiger partial charge in [0, 0.05) is 11.5 Å². The highest BCUT2D eigenvalue weighted by Crippen LogP contribution is 2.22. The van der Waals surface area contributed by atoms with Gasteiger partial charge in [0.1, 0.15) is 0 Å². The predicted molar refractivity (Wildman–Crippen MR) is 58.6 cm³/mol. The lowest BCUT2D eigenvalue weighted by molar-refractivity contribution is -0.206.